The third kappa shape index (κ3) is 5.92. The molecule has 0 spiro atoms. The average molecular weight is 395 g/mol. The van der Waals surface area contributed by atoms with Crippen LogP contribution in [-0.4, -0.2) is 29.9 Å². The summed E-state index contributed by atoms with van der Waals surface area (Å²) >= 11 is 1.29. The molecule has 0 unspecified atom stereocenters. The number of nitrogens with zero attached hydrogens (tertiary/aromatic N) is 1. The Bertz CT molecular complexity index is 924. The van der Waals surface area contributed by atoms with E-state index in [1.807, 2.05) is 37.3 Å². The number of carbonyl (C=O) groups is 2. The van der Waals surface area contributed by atoms with Crippen molar-refractivity contribution >= 4 is 28.3 Å². The Labute approximate surface area is 167 Å². The summed E-state index contributed by atoms with van der Waals surface area (Å²) in [4.78, 5) is 28.4. The largest absolute Gasteiger partial charge is 0.492 e. The Morgan fingerprint density at radius 3 is 2.57 bits per heavy atom. The highest BCUT2D eigenvalue weighted by Gasteiger charge is 2.11. The second kappa shape index (κ2) is 9.66. The summed E-state index contributed by atoms with van der Waals surface area (Å²) in [6, 6.07) is 16.7. The highest BCUT2D eigenvalue weighted by atomic mass is 32.1. The molecule has 0 aliphatic heterocycles. The van der Waals surface area contributed by atoms with Gasteiger partial charge in [-0.3, -0.25) is 14.9 Å². The van der Waals surface area contributed by atoms with Crippen molar-refractivity contribution < 1.29 is 14.3 Å². The van der Waals surface area contributed by atoms with E-state index in [1.165, 1.54) is 16.9 Å². The van der Waals surface area contributed by atoms with E-state index in [4.69, 9.17) is 4.74 Å². The molecule has 0 aliphatic rings. The molecule has 0 saturated heterocycles. The fraction of sp³-hybridized carbons (Fsp3) is 0.190. The number of aryl methyl sites for hydroxylation is 1. The number of ether oxygens (including phenoxy) is 1. The maximum atomic E-state index is 12.1. The monoisotopic (exact) mass is 395 g/mol. The van der Waals surface area contributed by atoms with E-state index in [1.54, 1.807) is 29.6 Å². The van der Waals surface area contributed by atoms with Gasteiger partial charge >= 0.3 is 0 Å². The van der Waals surface area contributed by atoms with Crippen molar-refractivity contribution in [3.63, 3.8) is 0 Å². The van der Waals surface area contributed by atoms with Gasteiger partial charge in [-0.1, -0.05) is 35.9 Å². The number of thiazole rings is 1. The third-order valence-corrected chi connectivity index (χ3v) is 4.67. The van der Waals surface area contributed by atoms with Crippen LogP contribution in [0.3, 0.4) is 0 Å². The molecule has 144 valence electrons. The molecule has 2 amide bonds. The summed E-state index contributed by atoms with van der Waals surface area (Å²) in [5.74, 6) is 0.413. The molecular formula is C21H21N3O3S. The Balaban J connectivity index is 1.40. The van der Waals surface area contributed by atoms with Gasteiger partial charge in [0.1, 0.15) is 12.4 Å². The lowest BCUT2D eigenvalue weighted by atomic mass is 10.2. The first-order valence-corrected chi connectivity index (χ1v) is 9.75. The van der Waals surface area contributed by atoms with E-state index in [9.17, 15) is 9.59 Å². The van der Waals surface area contributed by atoms with Gasteiger partial charge in [0.25, 0.3) is 5.91 Å². The summed E-state index contributed by atoms with van der Waals surface area (Å²) in [5, 5.41) is 7.78. The standard InChI is InChI=1S/C21H21N3O3S/c1-15-7-9-18(10-8-15)27-12-11-22-19(25)13-17-14-28-21(23-17)24-20(26)16-5-3-2-4-6-16/h2-10,14H,11-13H2,1H3,(H,22,25)(H,23,24,26). The smallest absolute Gasteiger partial charge is 0.257 e. The number of hydrogen-bond donors (Lipinski definition) is 2. The molecule has 0 radical (unpaired) electrons. The van der Waals surface area contributed by atoms with Crippen molar-refractivity contribution in [2.75, 3.05) is 18.5 Å². The first-order valence-electron chi connectivity index (χ1n) is 8.87. The third-order valence-electron chi connectivity index (χ3n) is 3.86. The van der Waals surface area contributed by atoms with Crippen LogP contribution >= 0.6 is 11.3 Å². The first kappa shape index (κ1) is 19.6. The zero-order valence-electron chi connectivity index (χ0n) is 15.5. The molecule has 3 rings (SSSR count). The number of aromatic nitrogens is 1. The summed E-state index contributed by atoms with van der Waals surface area (Å²) in [6.07, 6.45) is 0.155. The van der Waals surface area contributed by atoms with Crippen LogP contribution in [0.4, 0.5) is 5.13 Å². The maximum absolute atomic E-state index is 12.1. The van der Waals surface area contributed by atoms with Crippen molar-refractivity contribution in [3.05, 3.63) is 76.8 Å². The SMILES string of the molecule is Cc1ccc(OCCNC(=O)Cc2csc(NC(=O)c3ccccc3)n2)cc1. The molecule has 0 atom stereocenters. The van der Waals surface area contributed by atoms with Crippen LogP contribution in [0.15, 0.2) is 60.0 Å². The number of anilines is 1. The predicted molar refractivity (Wildman–Crippen MR) is 110 cm³/mol. The summed E-state index contributed by atoms with van der Waals surface area (Å²) in [7, 11) is 0. The fourth-order valence-electron chi connectivity index (χ4n) is 2.43. The maximum Gasteiger partial charge on any atom is 0.257 e. The Hall–Kier alpha value is -3.19. The van der Waals surface area contributed by atoms with Crippen LogP contribution in [-0.2, 0) is 11.2 Å². The topological polar surface area (TPSA) is 80.3 Å². The molecule has 1 aromatic heterocycles. The lowest BCUT2D eigenvalue weighted by Crippen LogP contribution is -2.29. The fourth-order valence-corrected chi connectivity index (χ4v) is 3.13. The average Bonchev–Trinajstić information content (AvgIpc) is 3.14. The van der Waals surface area contributed by atoms with Crippen molar-refractivity contribution in [1.82, 2.24) is 10.3 Å². The highest BCUT2D eigenvalue weighted by molar-refractivity contribution is 7.14. The lowest BCUT2D eigenvalue weighted by Gasteiger charge is -2.07. The molecule has 3 aromatic rings. The number of carbonyl (C=O) groups excluding carboxylic acids is 2. The molecule has 2 N–H and O–H groups in total. The van der Waals surface area contributed by atoms with E-state index in [2.05, 4.69) is 15.6 Å². The van der Waals surface area contributed by atoms with Crippen molar-refractivity contribution in [2.45, 2.75) is 13.3 Å². The minimum Gasteiger partial charge on any atom is -0.492 e. The van der Waals surface area contributed by atoms with Gasteiger partial charge in [-0.05, 0) is 31.2 Å². The molecule has 0 aliphatic carbocycles. The summed E-state index contributed by atoms with van der Waals surface area (Å²) in [6.45, 7) is 2.82. The molecule has 0 saturated carbocycles. The molecule has 1 heterocycles. The van der Waals surface area contributed by atoms with E-state index >= 15 is 0 Å². The zero-order valence-corrected chi connectivity index (χ0v) is 16.3. The minimum absolute atomic E-state index is 0.140. The van der Waals surface area contributed by atoms with E-state index in [0.29, 0.717) is 29.5 Å². The zero-order chi connectivity index (χ0) is 19.8. The molecule has 0 bridgehead atoms. The van der Waals surface area contributed by atoms with Gasteiger partial charge in [0.05, 0.1) is 18.7 Å². The minimum atomic E-state index is -0.223. The van der Waals surface area contributed by atoms with Crippen molar-refractivity contribution in [2.24, 2.45) is 0 Å². The molecular weight excluding hydrogens is 374 g/mol. The molecule has 7 heteroatoms. The number of amides is 2. The van der Waals surface area contributed by atoms with E-state index in [0.717, 1.165) is 5.75 Å². The second-order valence-electron chi connectivity index (χ2n) is 6.15. The van der Waals surface area contributed by atoms with Gasteiger partial charge in [0.15, 0.2) is 5.13 Å². The van der Waals surface area contributed by atoms with Gasteiger partial charge in [-0.2, -0.15) is 0 Å². The summed E-state index contributed by atoms with van der Waals surface area (Å²) < 4.78 is 5.58. The molecule has 6 nitrogen and oxygen atoms in total. The molecule has 28 heavy (non-hydrogen) atoms. The Kier molecular flexibility index (Phi) is 6.75. The Morgan fingerprint density at radius 1 is 1.07 bits per heavy atom. The predicted octanol–water partition coefficient (Wildman–Crippen LogP) is 3.44. The summed E-state index contributed by atoms with van der Waals surface area (Å²) in [5.41, 5.74) is 2.35. The van der Waals surface area contributed by atoms with E-state index < -0.39 is 0 Å². The number of rotatable bonds is 8. The normalized spacial score (nSPS) is 10.3. The van der Waals surface area contributed by atoms with Crippen LogP contribution in [0.25, 0.3) is 0 Å². The number of hydrogen-bond acceptors (Lipinski definition) is 5. The van der Waals surface area contributed by atoms with Crippen LogP contribution in [0.1, 0.15) is 21.6 Å². The van der Waals surface area contributed by atoms with Crippen LogP contribution in [0.2, 0.25) is 0 Å². The van der Waals surface area contributed by atoms with Crippen molar-refractivity contribution in [1.29, 1.82) is 0 Å². The van der Waals surface area contributed by atoms with Gasteiger partial charge in [0.2, 0.25) is 5.91 Å². The highest BCUT2D eigenvalue weighted by Crippen LogP contribution is 2.17. The lowest BCUT2D eigenvalue weighted by molar-refractivity contribution is -0.120. The Morgan fingerprint density at radius 2 is 1.82 bits per heavy atom. The second-order valence-corrected chi connectivity index (χ2v) is 7.01. The quantitative estimate of drug-likeness (QED) is 0.573. The molecule has 0 fully saturated rings. The first-order chi connectivity index (χ1) is 13.6. The van der Waals surface area contributed by atoms with Crippen LogP contribution < -0.4 is 15.4 Å². The number of nitrogens with one attached hydrogen (secondary N) is 2. The van der Waals surface area contributed by atoms with Gasteiger partial charge < -0.3 is 10.1 Å². The number of benzene rings is 2. The van der Waals surface area contributed by atoms with Crippen LogP contribution in [0.5, 0.6) is 5.75 Å². The van der Waals surface area contributed by atoms with Gasteiger partial charge in [-0.15, -0.1) is 11.3 Å². The van der Waals surface area contributed by atoms with E-state index in [-0.39, 0.29) is 18.2 Å². The van der Waals surface area contributed by atoms with Crippen molar-refractivity contribution in [3.8, 4) is 5.75 Å². The van der Waals surface area contributed by atoms with Gasteiger partial charge in [0, 0.05) is 10.9 Å². The van der Waals surface area contributed by atoms with Gasteiger partial charge in [-0.25, -0.2) is 4.98 Å². The molecule has 2 aromatic carbocycles. The van der Waals surface area contributed by atoms with Crippen LogP contribution in [0, 0.1) is 6.92 Å².